The Morgan fingerprint density at radius 2 is 1.85 bits per heavy atom. The van der Waals surface area contributed by atoms with Gasteiger partial charge in [-0.25, -0.2) is 9.37 Å². The number of likely N-dealkylation sites (N-methyl/N-ethyl adjacent to an activating group) is 2. The molecule has 1 fully saturated rings. The molecule has 0 saturated carbocycles. The van der Waals surface area contributed by atoms with Crippen molar-refractivity contribution in [1.29, 1.82) is 0 Å². The molecule has 2 aliphatic rings. The van der Waals surface area contributed by atoms with Crippen LogP contribution in [0.15, 0.2) is 52.6 Å². The van der Waals surface area contributed by atoms with Crippen LogP contribution < -0.4 is 10.2 Å². The molecule has 2 aromatic rings. The number of ether oxygens (including phenoxy) is 1. The lowest BCUT2D eigenvalue weighted by Gasteiger charge is -2.31. The quantitative estimate of drug-likeness (QED) is 0.407. The zero-order valence-electron chi connectivity index (χ0n) is 20.1. The molecule has 2 aliphatic heterocycles. The number of hydrazone groups is 1. The predicted octanol–water partition coefficient (Wildman–Crippen LogP) is 2.50. The van der Waals surface area contributed by atoms with Crippen LogP contribution in [0.2, 0.25) is 0 Å². The van der Waals surface area contributed by atoms with Gasteiger partial charge in [-0.2, -0.15) is 5.43 Å². The molecular weight excluding hydrogens is 432 g/mol. The fraction of sp³-hybridized carbons (Fsp3) is 0.320. The smallest absolute Gasteiger partial charge is 0.414 e. The molecule has 2 heterocycles. The van der Waals surface area contributed by atoms with Crippen LogP contribution >= 0.6 is 0 Å². The number of amidine groups is 1. The number of urea groups is 1. The number of guanidine groups is 1. The normalized spacial score (nSPS) is 18.0. The van der Waals surface area contributed by atoms with E-state index in [-0.39, 0.29) is 5.91 Å². The van der Waals surface area contributed by atoms with Crippen LogP contribution in [0.25, 0.3) is 0 Å². The number of nitrogens with one attached hydrogen (secondary N) is 1. The summed E-state index contributed by atoms with van der Waals surface area (Å²) in [6.45, 7) is 7.05. The maximum absolute atomic E-state index is 13.1. The van der Waals surface area contributed by atoms with Gasteiger partial charge in [0.05, 0.1) is 19.4 Å². The predicted molar refractivity (Wildman–Crippen MR) is 130 cm³/mol. The number of aliphatic imine (C=N–C) groups is 1. The number of carbonyl (C=O) groups excluding carboxylic acids is 2. The van der Waals surface area contributed by atoms with Crippen LogP contribution in [-0.4, -0.2) is 71.1 Å². The number of rotatable bonds is 6. The van der Waals surface area contributed by atoms with Crippen LogP contribution in [0.5, 0.6) is 5.75 Å². The van der Waals surface area contributed by atoms with E-state index in [4.69, 9.17) is 4.74 Å². The Balaban J connectivity index is 1.66. The van der Waals surface area contributed by atoms with E-state index in [1.807, 2.05) is 49.6 Å². The van der Waals surface area contributed by atoms with E-state index in [0.29, 0.717) is 24.9 Å². The molecule has 3 amide bonds. The van der Waals surface area contributed by atoms with E-state index in [0.717, 1.165) is 32.9 Å². The first-order valence-electron chi connectivity index (χ1n) is 11.2. The lowest BCUT2D eigenvalue weighted by Crippen LogP contribution is -2.61. The second-order valence-electron chi connectivity index (χ2n) is 8.36. The Hall–Kier alpha value is -4.01. The molecule has 9 nitrogen and oxygen atoms in total. The number of imide groups is 1. The minimum Gasteiger partial charge on any atom is -0.494 e. The molecule has 0 spiro atoms. The maximum atomic E-state index is 13.1. The van der Waals surface area contributed by atoms with Crippen molar-refractivity contribution in [2.24, 2.45) is 10.1 Å². The average Bonchev–Trinajstić information content (AvgIpc) is 3.18. The monoisotopic (exact) mass is 461 g/mol. The fourth-order valence-electron chi connectivity index (χ4n) is 3.99. The summed E-state index contributed by atoms with van der Waals surface area (Å²) in [5, 5.41) is 4.35. The lowest BCUT2D eigenvalue weighted by molar-refractivity contribution is -0.553. The second kappa shape index (κ2) is 9.46. The van der Waals surface area contributed by atoms with E-state index in [2.05, 4.69) is 33.7 Å². The molecule has 1 unspecified atom stereocenters. The summed E-state index contributed by atoms with van der Waals surface area (Å²) in [4.78, 5) is 32.7. The zero-order chi connectivity index (χ0) is 24.4. The molecule has 1 N–H and O–H groups in total. The van der Waals surface area contributed by atoms with Crippen molar-refractivity contribution in [2.45, 2.75) is 33.4 Å². The SMILES string of the molecule is CCOc1ccc(/C=N/NC2=[N+](Cc3cc(C)ccc3C)C3C(=O)N(C)C(=O)N(C)C3=N2)cc1. The number of fused-ring (bicyclic) bond motifs is 1. The number of hydrogen-bond donors (Lipinski definition) is 1. The molecule has 2 aromatic carbocycles. The fourth-order valence-corrected chi connectivity index (χ4v) is 3.99. The van der Waals surface area contributed by atoms with Gasteiger partial charge in [0.1, 0.15) is 5.75 Å². The highest BCUT2D eigenvalue weighted by Gasteiger charge is 2.51. The van der Waals surface area contributed by atoms with Gasteiger partial charge in [-0.1, -0.05) is 28.8 Å². The van der Waals surface area contributed by atoms with Crippen molar-refractivity contribution < 1.29 is 18.9 Å². The van der Waals surface area contributed by atoms with Crippen molar-refractivity contribution in [3.05, 3.63) is 64.7 Å². The minimum absolute atomic E-state index is 0.320. The molecule has 0 radical (unpaired) electrons. The van der Waals surface area contributed by atoms with Gasteiger partial charge >= 0.3 is 12.0 Å². The average molecular weight is 462 g/mol. The van der Waals surface area contributed by atoms with Crippen molar-refractivity contribution in [3.63, 3.8) is 0 Å². The number of amides is 3. The van der Waals surface area contributed by atoms with Gasteiger partial charge in [-0.15, -0.1) is 5.10 Å². The Morgan fingerprint density at radius 1 is 1.12 bits per heavy atom. The van der Waals surface area contributed by atoms with E-state index < -0.39 is 12.1 Å². The summed E-state index contributed by atoms with van der Waals surface area (Å²) >= 11 is 0. The van der Waals surface area contributed by atoms with Gasteiger partial charge in [0.25, 0.3) is 5.91 Å². The Morgan fingerprint density at radius 3 is 2.56 bits per heavy atom. The Bertz CT molecular complexity index is 1220. The molecule has 9 heteroatoms. The van der Waals surface area contributed by atoms with Crippen molar-refractivity contribution in [2.75, 3.05) is 20.7 Å². The van der Waals surface area contributed by atoms with Gasteiger partial charge in [0.2, 0.25) is 11.9 Å². The van der Waals surface area contributed by atoms with E-state index in [1.54, 1.807) is 13.3 Å². The molecule has 1 atom stereocenters. The number of carbonyl (C=O) groups is 2. The van der Waals surface area contributed by atoms with Crippen LogP contribution in [-0.2, 0) is 11.3 Å². The lowest BCUT2D eigenvalue weighted by atomic mass is 10.0. The van der Waals surface area contributed by atoms with E-state index in [9.17, 15) is 9.59 Å². The van der Waals surface area contributed by atoms with Crippen molar-refractivity contribution in [1.82, 2.24) is 15.2 Å². The largest absolute Gasteiger partial charge is 0.494 e. The summed E-state index contributed by atoms with van der Waals surface area (Å²) in [6, 6.07) is 12.7. The standard InChI is InChI=1S/C25H28N6O3/c1-6-34-20-11-9-18(10-12-20)14-26-28-24-27-22-21(23(32)30(5)25(33)29(22)4)31(24)15-19-13-16(2)7-8-17(19)3/h7-14,21H,6,15H2,1-5H3/p+1/b26-14+. The first kappa shape index (κ1) is 23.2. The third-order valence-electron chi connectivity index (χ3n) is 5.95. The summed E-state index contributed by atoms with van der Waals surface area (Å²) in [7, 11) is 3.11. The van der Waals surface area contributed by atoms with Crippen LogP contribution in [0, 0.1) is 13.8 Å². The van der Waals surface area contributed by atoms with Gasteiger partial charge in [-0.3, -0.25) is 14.6 Å². The highest BCUT2D eigenvalue weighted by atomic mass is 16.5. The highest BCUT2D eigenvalue weighted by Crippen LogP contribution is 2.21. The third-order valence-corrected chi connectivity index (χ3v) is 5.95. The maximum Gasteiger partial charge on any atom is 0.414 e. The molecule has 1 saturated heterocycles. The molecule has 0 aliphatic carbocycles. The summed E-state index contributed by atoms with van der Waals surface area (Å²) in [6.07, 6.45) is 1.67. The summed E-state index contributed by atoms with van der Waals surface area (Å²) < 4.78 is 7.33. The zero-order valence-corrected chi connectivity index (χ0v) is 20.1. The molecule has 4 rings (SSSR count). The molecule has 34 heavy (non-hydrogen) atoms. The van der Waals surface area contributed by atoms with Gasteiger partial charge in [0, 0.05) is 14.1 Å². The summed E-state index contributed by atoms with van der Waals surface area (Å²) in [5.41, 5.74) is 7.17. The van der Waals surface area contributed by atoms with Crippen LogP contribution in [0.4, 0.5) is 4.79 Å². The molecular formula is C25H29N6O3+. The van der Waals surface area contributed by atoms with Gasteiger partial charge < -0.3 is 4.74 Å². The highest BCUT2D eigenvalue weighted by molar-refractivity contribution is 6.22. The summed E-state index contributed by atoms with van der Waals surface area (Å²) in [5.74, 6) is 1.27. The molecule has 176 valence electrons. The van der Waals surface area contributed by atoms with Gasteiger partial charge in [0.15, 0.2) is 0 Å². The second-order valence-corrected chi connectivity index (χ2v) is 8.36. The first-order valence-corrected chi connectivity index (χ1v) is 11.2. The van der Waals surface area contributed by atoms with Gasteiger partial charge in [-0.05, 0) is 61.7 Å². The number of nitrogens with zero attached hydrogens (tertiary/aromatic N) is 5. The van der Waals surface area contributed by atoms with E-state index >= 15 is 0 Å². The third kappa shape index (κ3) is 4.41. The Labute approximate surface area is 199 Å². The van der Waals surface area contributed by atoms with Crippen molar-refractivity contribution in [3.8, 4) is 5.75 Å². The number of benzene rings is 2. The van der Waals surface area contributed by atoms with E-state index in [1.165, 1.54) is 11.9 Å². The van der Waals surface area contributed by atoms with Crippen molar-refractivity contribution >= 4 is 29.9 Å². The molecule has 0 aromatic heterocycles. The minimum atomic E-state index is -0.712. The topological polar surface area (TPSA) is 89.6 Å². The number of aryl methyl sites for hydroxylation is 2. The first-order chi connectivity index (χ1) is 16.3. The molecule has 0 bridgehead atoms. The number of hydrogen-bond acceptors (Lipinski definition) is 6. The van der Waals surface area contributed by atoms with Crippen LogP contribution in [0.3, 0.4) is 0 Å². The Kier molecular flexibility index (Phi) is 6.45. The van der Waals surface area contributed by atoms with Crippen LogP contribution in [0.1, 0.15) is 29.2 Å².